The zero-order chi connectivity index (χ0) is 26.5. The summed E-state index contributed by atoms with van der Waals surface area (Å²) < 4.78 is 16.8. The van der Waals surface area contributed by atoms with Gasteiger partial charge in [-0.05, 0) is 61.5 Å². The summed E-state index contributed by atoms with van der Waals surface area (Å²) in [6, 6.07) is 30.8. The molecule has 5 rings (SSSR count). The van der Waals surface area contributed by atoms with Gasteiger partial charge in [0.1, 0.15) is 11.5 Å². The molecule has 0 saturated heterocycles. The van der Waals surface area contributed by atoms with Crippen molar-refractivity contribution in [3.05, 3.63) is 132 Å². The first-order valence-electron chi connectivity index (χ1n) is 11.8. The molecule has 7 nitrogen and oxygen atoms in total. The monoisotopic (exact) mass is 503 g/mol. The number of ether oxygens (including phenoxy) is 3. The van der Waals surface area contributed by atoms with E-state index in [2.05, 4.69) is 4.98 Å². The van der Waals surface area contributed by atoms with Crippen LogP contribution in [0.25, 0.3) is 10.8 Å². The molecule has 0 amide bonds. The van der Waals surface area contributed by atoms with Crippen LogP contribution < -0.4 is 9.47 Å². The van der Waals surface area contributed by atoms with Gasteiger partial charge >= 0.3 is 17.9 Å². The summed E-state index contributed by atoms with van der Waals surface area (Å²) in [4.78, 5) is 43.1. The molecule has 5 aromatic rings. The van der Waals surface area contributed by atoms with Gasteiger partial charge in [0.05, 0.1) is 11.1 Å². The highest BCUT2D eigenvalue weighted by atomic mass is 16.6. The Balaban J connectivity index is 1.56. The predicted molar refractivity (Wildman–Crippen MR) is 141 cm³/mol. The van der Waals surface area contributed by atoms with E-state index in [0.717, 1.165) is 0 Å². The van der Waals surface area contributed by atoms with Crippen molar-refractivity contribution >= 4 is 28.7 Å². The Kier molecular flexibility index (Phi) is 6.91. The van der Waals surface area contributed by atoms with E-state index in [1.165, 1.54) is 12.1 Å². The SMILES string of the molecule is Cc1nc(C(=O)OC(=O)c2ccccc2)c(OC(=O)c2ccccc2)c2ccc(Oc3ccccc3)cc12. The normalized spacial score (nSPS) is 10.6. The molecular formula is C31H21NO6. The molecule has 38 heavy (non-hydrogen) atoms. The number of carbonyl (C=O) groups excluding carboxylic acids is 3. The number of fused-ring (bicyclic) bond motifs is 1. The van der Waals surface area contributed by atoms with Crippen LogP contribution in [-0.2, 0) is 4.74 Å². The molecule has 7 heteroatoms. The Bertz CT molecular complexity index is 1630. The van der Waals surface area contributed by atoms with Gasteiger partial charge in [-0.3, -0.25) is 0 Å². The minimum absolute atomic E-state index is 0.114. The second-order valence-corrected chi connectivity index (χ2v) is 8.30. The van der Waals surface area contributed by atoms with E-state index in [9.17, 15) is 14.4 Å². The molecule has 0 aliphatic carbocycles. The Labute approximate surface area is 218 Å². The summed E-state index contributed by atoms with van der Waals surface area (Å²) in [6.07, 6.45) is 0. The molecule has 4 aromatic carbocycles. The maximum absolute atomic E-state index is 13.1. The number of pyridine rings is 1. The number of rotatable bonds is 6. The first kappa shape index (κ1) is 24.4. The lowest BCUT2D eigenvalue weighted by atomic mass is 10.1. The molecule has 0 saturated carbocycles. The number of hydrogen-bond donors (Lipinski definition) is 0. The Morgan fingerprint density at radius 1 is 0.605 bits per heavy atom. The number of aryl methyl sites for hydroxylation is 1. The van der Waals surface area contributed by atoms with Crippen LogP contribution >= 0.6 is 0 Å². The predicted octanol–water partition coefficient (Wildman–Crippen LogP) is 6.55. The molecule has 0 radical (unpaired) electrons. The Morgan fingerprint density at radius 3 is 1.82 bits per heavy atom. The van der Waals surface area contributed by atoms with Crippen LogP contribution in [0, 0.1) is 6.92 Å². The molecule has 0 spiro atoms. The van der Waals surface area contributed by atoms with Crippen LogP contribution in [0.4, 0.5) is 0 Å². The van der Waals surface area contributed by atoms with E-state index in [-0.39, 0.29) is 22.6 Å². The molecule has 0 aliphatic heterocycles. The zero-order valence-corrected chi connectivity index (χ0v) is 20.3. The molecule has 0 aliphatic rings. The lowest BCUT2D eigenvalue weighted by Crippen LogP contribution is -2.18. The molecule has 186 valence electrons. The van der Waals surface area contributed by atoms with Crippen LogP contribution in [0.3, 0.4) is 0 Å². The van der Waals surface area contributed by atoms with Crippen molar-refractivity contribution in [2.24, 2.45) is 0 Å². The lowest BCUT2D eigenvalue weighted by Gasteiger charge is -2.15. The van der Waals surface area contributed by atoms with Crippen molar-refractivity contribution in [3.8, 4) is 17.2 Å². The summed E-state index contributed by atoms with van der Waals surface area (Å²) >= 11 is 0. The van der Waals surface area contributed by atoms with Crippen molar-refractivity contribution in [3.63, 3.8) is 0 Å². The average molecular weight is 504 g/mol. The molecule has 1 aromatic heterocycles. The molecule has 0 atom stereocenters. The highest BCUT2D eigenvalue weighted by Crippen LogP contribution is 2.35. The highest BCUT2D eigenvalue weighted by Gasteiger charge is 2.26. The quantitative estimate of drug-likeness (QED) is 0.192. The van der Waals surface area contributed by atoms with Crippen molar-refractivity contribution in [2.75, 3.05) is 0 Å². The van der Waals surface area contributed by atoms with Gasteiger partial charge in [0.15, 0.2) is 11.4 Å². The van der Waals surface area contributed by atoms with E-state index in [4.69, 9.17) is 14.2 Å². The second kappa shape index (κ2) is 10.8. The maximum Gasteiger partial charge on any atom is 0.368 e. The Morgan fingerprint density at radius 2 is 1.18 bits per heavy atom. The highest BCUT2D eigenvalue weighted by molar-refractivity contribution is 6.07. The lowest BCUT2D eigenvalue weighted by molar-refractivity contribution is 0.0391. The van der Waals surface area contributed by atoms with Crippen molar-refractivity contribution in [1.82, 2.24) is 4.98 Å². The fourth-order valence-electron chi connectivity index (χ4n) is 3.85. The third kappa shape index (κ3) is 5.27. The van der Waals surface area contributed by atoms with Crippen LogP contribution in [0.1, 0.15) is 36.9 Å². The standard InChI is InChI=1S/C31H21NO6/c1-20-26-19-24(36-23-15-9-4-10-16-23)17-18-25(26)28(37-29(33)21-11-5-2-6-12-21)27(32-20)31(35)38-30(34)22-13-7-3-8-14-22/h2-19H,1H3. The van der Waals surface area contributed by atoms with Crippen molar-refractivity contribution in [1.29, 1.82) is 0 Å². The van der Waals surface area contributed by atoms with E-state index in [0.29, 0.717) is 28.0 Å². The molecule has 0 unspecified atom stereocenters. The van der Waals surface area contributed by atoms with Gasteiger partial charge in [-0.15, -0.1) is 0 Å². The van der Waals surface area contributed by atoms with Gasteiger partial charge in [0.25, 0.3) is 0 Å². The third-order valence-corrected chi connectivity index (χ3v) is 5.69. The van der Waals surface area contributed by atoms with Gasteiger partial charge in [0.2, 0.25) is 0 Å². The number of carbonyl (C=O) groups is 3. The number of aromatic nitrogens is 1. The van der Waals surface area contributed by atoms with Crippen molar-refractivity contribution in [2.45, 2.75) is 6.92 Å². The molecule has 1 heterocycles. The fraction of sp³-hybridized carbons (Fsp3) is 0.0323. The van der Waals surface area contributed by atoms with E-state index in [1.807, 2.05) is 30.3 Å². The van der Waals surface area contributed by atoms with Crippen LogP contribution in [-0.4, -0.2) is 22.9 Å². The minimum atomic E-state index is -1.04. The molecular weight excluding hydrogens is 482 g/mol. The smallest absolute Gasteiger partial charge is 0.368 e. The third-order valence-electron chi connectivity index (χ3n) is 5.69. The van der Waals surface area contributed by atoms with Gasteiger partial charge in [-0.2, -0.15) is 0 Å². The molecule has 0 N–H and O–H groups in total. The summed E-state index contributed by atoms with van der Waals surface area (Å²) in [5, 5.41) is 1.03. The van der Waals surface area contributed by atoms with Crippen molar-refractivity contribution < 1.29 is 28.6 Å². The first-order valence-corrected chi connectivity index (χ1v) is 11.8. The summed E-state index contributed by atoms with van der Waals surface area (Å²) in [5.74, 6) is -1.51. The topological polar surface area (TPSA) is 91.8 Å². The first-order chi connectivity index (χ1) is 18.5. The number of nitrogens with zero attached hydrogens (tertiary/aromatic N) is 1. The maximum atomic E-state index is 13.1. The largest absolute Gasteiger partial charge is 0.457 e. The summed E-state index contributed by atoms with van der Waals surface area (Å²) in [6.45, 7) is 1.70. The minimum Gasteiger partial charge on any atom is -0.457 e. The van der Waals surface area contributed by atoms with Gasteiger partial charge < -0.3 is 14.2 Å². The second-order valence-electron chi connectivity index (χ2n) is 8.30. The molecule has 0 fully saturated rings. The van der Waals surface area contributed by atoms with Gasteiger partial charge in [0, 0.05) is 16.5 Å². The number of benzene rings is 4. The zero-order valence-electron chi connectivity index (χ0n) is 20.3. The van der Waals surface area contributed by atoms with Crippen LogP contribution in [0.15, 0.2) is 109 Å². The van der Waals surface area contributed by atoms with Crippen LogP contribution in [0.5, 0.6) is 17.2 Å². The van der Waals surface area contributed by atoms with Gasteiger partial charge in [-0.1, -0.05) is 54.6 Å². The van der Waals surface area contributed by atoms with E-state index in [1.54, 1.807) is 73.7 Å². The van der Waals surface area contributed by atoms with Gasteiger partial charge in [-0.25, -0.2) is 19.4 Å². The average Bonchev–Trinajstić information content (AvgIpc) is 2.96. The number of hydrogen-bond acceptors (Lipinski definition) is 7. The van der Waals surface area contributed by atoms with E-state index < -0.39 is 17.9 Å². The fourth-order valence-corrected chi connectivity index (χ4v) is 3.85. The summed E-state index contributed by atoms with van der Waals surface area (Å²) in [5.41, 5.74) is 0.645. The number of para-hydroxylation sites is 1. The number of esters is 3. The van der Waals surface area contributed by atoms with E-state index >= 15 is 0 Å². The van der Waals surface area contributed by atoms with Crippen LogP contribution in [0.2, 0.25) is 0 Å². The molecule has 0 bridgehead atoms. The summed E-state index contributed by atoms with van der Waals surface area (Å²) in [7, 11) is 0. The Hall–Kier alpha value is -5.30.